The summed E-state index contributed by atoms with van der Waals surface area (Å²) in [6.07, 6.45) is 0. The maximum Gasteiger partial charge on any atom is 0.269 e. The number of anilines is 1. The summed E-state index contributed by atoms with van der Waals surface area (Å²) in [5.41, 5.74) is 2.77. The van der Waals surface area contributed by atoms with Crippen molar-refractivity contribution in [2.24, 2.45) is 4.99 Å². The molecule has 1 saturated heterocycles. The third-order valence-electron chi connectivity index (χ3n) is 4.79. The summed E-state index contributed by atoms with van der Waals surface area (Å²) < 4.78 is 5.34. The van der Waals surface area contributed by atoms with E-state index in [1.165, 1.54) is 11.8 Å². The zero-order valence-corrected chi connectivity index (χ0v) is 18.9. The van der Waals surface area contributed by atoms with Crippen LogP contribution < -0.4 is 9.64 Å². The fourth-order valence-electron chi connectivity index (χ4n) is 3.11. The van der Waals surface area contributed by atoms with Gasteiger partial charge in [-0.3, -0.25) is 9.69 Å². The number of rotatable bonds is 3. The second-order valence-electron chi connectivity index (χ2n) is 6.61. The lowest BCUT2D eigenvalue weighted by Crippen LogP contribution is -2.29. The smallest absolute Gasteiger partial charge is 0.269 e. The van der Waals surface area contributed by atoms with E-state index >= 15 is 0 Å². The molecule has 150 valence electrons. The summed E-state index contributed by atoms with van der Waals surface area (Å²) in [5.74, 6) is 0.769. The fraction of sp³-hybridized carbons (Fsp3) is 0.238. The number of amidine groups is 1. The van der Waals surface area contributed by atoms with Crippen LogP contribution in [0.1, 0.15) is 12.5 Å². The van der Waals surface area contributed by atoms with E-state index < -0.39 is 0 Å². The Morgan fingerprint density at radius 3 is 2.66 bits per heavy atom. The first-order valence-corrected chi connectivity index (χ1v) is 11.1. The molecule has 0 spiro atoms. The highest BCUT2D eigenvalue weighted by molar-refractivity contribution is 8.19. The van der Waals surface area contributed by atoms with E-state index in [2.05, 4.69) is 0 Å². The molecule has 0 radical (unpaired) electrons. The Morgan fingerprint density at radius 1 is 1.17 bits per heavy atom. The van der Waals surface area contributed by atoms with Gasteiger partial charge in [0.1, 0.15) is 10.7 Å². The highest BCUT2D eigenvalue weighted by Crippen LogP contribution is 2.51. The Bertz CT molecular complexity index is 1070. The first-order chi connectivity index (χ1) is 13.9. The van der Waals surface area contributed by atoms with E-state index in [1.807, 2.05) is 62.2 Å². The van der Waals surface area contributed by atoms with Crippen LogP contribution >= 0.6 is 35.1 Å². The molecule has 0 unspecified atom stereocenters. The van der Waals surface area contributed by atoms with Crippen LogP contribution in [0.5, 0.6) is 5.75 Å². The van der Waals surface area contributed by atoms with Gasteiger partial charge in [0.05, 0.1) is 23.5 Å². The molecule has 0 aromatic heterocycles. The number of methoxy groups -OCH3 is 1. The molecule has 29 heavy (non-hydrogen) atoms. The van der Waals surface area contributed by atoms with Gasteiger partial charge in [-0.05, 0) is 55.4 Å². The fourth-order valence-corrected chi connectivity index (χ4v) is 5.67. The first-order valence-electron chi connectivity index (χ1n) is 9.11. The number of hydrogen-bond donors (Lipinski definition) is 0. The summed E-state index contributed by atoms with van der Waals surface area (Å²) in [7, 11) is 3.62. The molecule has 2 aromatic carbocycles. The second-order valence-corrected chi connectivity index (χ2v) is 9.02. The van der Waals surface area contributed by atoms with Gasteiger partial charge in [0.25, 0.3) is 5.91 Å². The zero-order valence-electron chi connectivity index (χ0n) is 16.5. The van der Waals surface area contributed by atoms with E-state index in [9.17, 15) is 4.79 Å². The van der Waals surface area contributed by atoms with Gasteiger partial charge in [-0.1, -0.05) is 29.4 Å². The molecule has 5 nitrogen and oxygen atoms in total. The number of carbonyl (C=O) groups is 1. The SMILES string of the molecule is CCN1C(=O)C(=C2Sc3ccc(OC)cc3N2C)SC1=Nc1ccc(C)c(Cl)c1. The Labute approximate surface area is 183 Å². The molecule has 1 amide bonds. The Kier molecular flexibility index (Phi) is 5.55. The maximum absolute atomic E-state index is 13.1. The first kappa shape index (κ1) is 20.2. The zero-order chi connectivity index (χ0) is 20.7. The highest BCUT2D eigenvalue weighted by Gasteiger charge is 2.38. The van der Waals surface area contributed by atoms with E-state index in [1.54, 1.807) is 23.8 Å². The van der Waals surface area contributed by atoms with Crippen molar-refractivity contribution >= 4 is 57.6 Å². The molecule has 2 aliphatic heterocycles. The molecule has 0 N–H and O–H groups in total. The number of benzene rings is 2. The molecule has 8 heteroatoms. The largest absolute Gasteiger partial charge is 0.497 e. The van der Waals surface area contributed by atoms with Crippen LogP contribution in [0.4, 0.5) is 11.4 Å². The topological polar surface area (TPSA) is 45.1 Å². The summed E-state index contributed by atoms with van der Waals surface area (Å²) in [4.78, 5) is 23.4. The summed E-state index contributed by atoms with van der Waals surface area (Å²) in [5, 5.41) is 2.24. The minimum atomic E-state index is -0.0245. The lowest BCUT2D eigenvalue weighted by Gasteiger charge is -2.15. The lowest BCUT2D eigenvalue weighted by atomic mass is 10.2. The second kappa shape index (κ2) is 7.97. The quantitative estimate of drug-likeness (QED) is 0.571. The number of ether oxygens (including phenoxy) is 1. The molecule has 0 atom stereocenters. The van der Waals surface area contributed by atoms with Crippen LogP contribution in [0, 0.1) is 6.92 Å². The molecule has 1 fully saturated rings. The third-order valence-corrected chi connectivity index (χ3v) is 7.63. The number of aliphatic imine (C=N–C) groups is 1. The maximum atomic E-state index is 13.1. The average molecular weight is 446 g/mol. The monoisotopic (exact) mass is 445 g/mol. The van der Waals surface area contributed by atoms with Crippen LogP contribution in [-0.2, 0) is 4.79 Å². The van der Waals surface area contributed by atoms with E-state index in [-0.39, 0.29) is 5.91 Å². The van der Waals surface area contributed by atoms with Crippen LogP contribution in [0.25, 0.3) is 0 Å². The molecular weight excluding hydrogens is 426 g/mol. The van der Waals surface area contributed by atoms with E-state index in [0.29, 0.717) is 21.6 Å². The molecule has 2 heterocycles. The van der Waals surface area contributed by atoms with E-state index in [0.717, 1.165) is 32.6 Å². The minimum absolute atomic E-state index is 0.0245. The number of carbonyl (C=O) groups excluding carboxylic acids is 1. The van der Waals surface area contributed by atoms with Gasteiger partial charge >= 0.3 is 0 Å². The van der Waals surface area contributed by atoms with Crippen molar-refractivity contribution in [2.75, 3.05) is 25.6 Å². The molecule has 0 bridgehead atoms. The number of nitrogens with zero attached hydrogens (tertiary/aromatic N) is 3. The molecule has 0 aliphatic carbocycles. The molecular formula is C21H20ClN3O2S2. The number of thioether (sulfide) groups is 2. The van der Waals surface area contributed by atoms with Gasteiger partial charge < -0.3 is 9.64 Å². The predicted octanol–water partition coefficient (Wildman–Crippen LogP) is 5.65. The Balaban J connectivity index is 1.71. The van der Waals surface area contributed by atoms with Gasteiger partial charge in [0.2, 0.25) is 0 Å². The molecule has 0 saturated carbocycles. The lowest BCUT2D eigenvalue weighted by molar-refractivity contribution is -0.122. The van der Waals surface area contributed by atoms with Gasteiger partial charge in [-0.15, -0.1) is 0 Å². The number of fused-ring (bicyclic) bond motifs is 1. The van der Waals surface area contributed by atoms with Gasteiger partial charge in [0, 0.05) is 29.6 Å². The number of amides is 1. The van der Waals surface area contributed by atoms with Crippen LogP contribution in [0.2, 0.25) is 5.02 Å². The predicted molar refractivity (Wildman–Crippen MR) is 123 cm³/mol. The number of hydrogen-bond acceptors (Lipinski definition) is 6. The molecule has 4 rings (SSSR count). The van der Waals surface area contributed by atoms with Crippen LogP contribution in [-0.4, -0.2) is 36.7 Å². The minimum Gasteiger partial charge on any atom is -0.497 e. The van der Waals surface area contributed by atoms with Crippen molar-refractivity contribution in [3.05, 3.63) is 56.9 Å². The van der Waals surface area contributed by atoms with Crippen molar-refractivity contribution < 1.29 is 9.53 Å². The molecule has 2 aromatic rings. The van der Waals surface area contributed by atoms with Crippen molar-refractivity contribution in [1.29, 1.82) is 0 Å². The van der Waals surface area contributed by atoms with Gasteiger partial charge in [-0.2, -0.15) is 0 Å². The summed E-state index contributed by atoms with van der Waals surface area (Å²) in [6, 6.07) is 11.6. The standard InChI is InChI=1S/C21H20ClN3O2S2/c1-5-25-19(26)18(29-21(25)23-13-7-6-12(2)15(22)10-13)20-24(3)16-11-14(27-4)8-9-17(16)28-20/h6-11H,5H2,1-4H3. The number of likely N-dealkylation sites (N-methyl/N-ethyl adjacent to an activating group) is 1. The highest BCUT2D eigenvalue weighted by atomic mass is 35.5. The van der Waals surface area contributed by atoms with Crippen LogP contribution in [0.15, 0.2) is 56.2 Å². The van der Waals surface area contributed by atoms with Crippen molar-refractivity contribution in [3.8, 4) is 5.75 Å². The Hall–Kier alpha value is -2.09. The summed E-state index contributed by atoms with van der Waals surface area (Å²) >= 11 is 9.24. The van der Waals surface area contributed by atoms with Gasteiger partial charge in [0.15, 0.2) is 5.17 Å². The third kappa shape index (κ3) is 3.63. The van der Waals surface area contributed by atoms with E-state index in [4.69, 9.17) is 21.3 Å². The number of halogens is 1. The Morgan fingerprint density at radius 2 is 1.97 bits per heavy atom. The van der Waals surface area contributed by atoms with Crippen molar-refractivity contribution in [2.45, 2.75) is 18.7 Å². The van der Waals surface area contributed by atoms with Gasteiger partial charge in [-0.25, -0.2) is 4.99 Å². The normalized spacial score (nSPS) is 20.0. The van der Waals surface area contributed by atoms with Crippen LogP contribution in [0.3, 0.4) is 0 Å². The molecule has 2 aliphatic rings. The summed E-state index contributed by atoms with van der Waals surface area (Å²) in [6.45, 7) is 4.46. The van der Waals surface area contributed by atoms with Crippen molar-refractivity contribution in [1.82, 2.24) is 4.90 Å². The van der Waals surface area contributed by atoms with Crippen molar-refractivity contribution in [3.63, 3.8) is 0 Å². The number of aryl methyl sites for hydroxylation is 1. The average Bonchev–Trinajstić information content (AvgIpc) is 3.20.